The third-order valence-electron chi connectivity index (χ3n) is 4.72. The molecule has 156 valence electrons. The molecule has 0 saturated carbocycles. The number of esters is 1. The highest BCUT2D eigenvalue weighted by atomic mass is 32.2. The third kappa shape index (κ3) is 15.5. The lowest BCUT2D eigenvalue weighted by molar-refractivity contribution is -0.890. The predicted octanol–water partition coefficient (Wildman–Crippen LogP) is 1.59. The van der Waals surface area contributed by atoms with Crippen LogP contribution in [0.25, 0.3) is 0 Å². The molecule has 0 aromatic rings. The molecule has 7 nitrogen and oxygen atoms in total. The number of nitrogens with zero attached hydrogens (tertiary/aromatic N) is 2. The lowest BCUT2D eigenvalue weighted by Crippen LogP contribution is -2.44. The highest BCUT2D eigenvalue weighted by Crippen LogP contribution is 2.11. The second kappa shape index (κ2) is 11.9. The van der Waals surface area contributed by atoms with Gasteiger partial charge in [-0.1, -0.05) is 12.8 Å². The number of hydrogen-bond donors (Lipinski definition) is 0. The first-order valence-corrected chi connectivity index (χ1v) is 11.1. The van der Waals surface area contributed by atoms with Gasteiger partial charge in [0.05, 0.1) is 65.1 Å². The molecular formula is C18H39N2O5S+. The first kappa shape index (κ1) is 25.3. The van der Waals surface area contributed by atoms with Crippen molar-refractivity contribution in [2.45, 2.75) is 44.9 Å². The molecule has 0 aromatic carbocycles. The predicted molar refractivity (Wildman–Crippen MR) is 103 cm³/mol. The Kier molecular flexibility index (Phi) is 11.6. The van der Waals surface area contributed by atoms with E-state index in [0.29, 0.717) is 24.0 Å². The quantitative estimate of drug-likeness (QED) is 0.182. The van der Waals surface area contributed by atoms with Crippen LogP contribution in [0.1, 0.15) is 44.9 Å². The number of rotatable bonds is 15. The van der Waals surface area contributed by atoms with Crippen LogP contribution in [0.3, 0.4) is 0 Å². The second-order valence-electron chi connectivity index (χ2n) is 8.51. The van der Waals surface area contributed by atoms with E-state index < -0.39 is 10.1 Å². The van der Waals surface area contributed by atoms with Crippen LogP contribution in [-0.2, 0) is 19.6 Å². The molecule has 0 fully saturated rings. The van der Waals surface area contributed by atoms with Gasteiger partial charge in [0.15, 0.2) is 6.54 Å². The topological polar surface area (TPSA) is 83.5 Å². The fraction of sp³-hybridized carbons (Fsp3) is 0.944. The first-order chi connectivity index (χ1) is 11.9. The fourth-order valence-corrected chi connectivity index (χ4v) is 3.54. The molecule has 0 spiro atoms. The SMILES string of the molecule is COC(=O)C[N+](C)(C)CCCCCCCC[N+](C)(C)CCCS(=O)(=O)[O-]. The molecule has 0 amide bonds. The van der Waals surface area contributed by atoms with Gasteiger partial charge in [0.2, 0.25) is 0 Å². The van der Waals surface area contributed by atoms with Gasteiger partial charge in [-0.15, -0.1) is 0 Å². The number of methoxy groups -OCH3 is 1. The Morgan fingerprint density at radius 1 is 0.808 bits per heavy atom. The average Bonchev–Trinajstić information content (AvgIpc) is 2.47. The van der Waals surface area contributed by atoms with Crippen LogP contribution in [0.2, 0.25) is 0 Å². The lowest BCUT2D eigenvalue weighted by atomic mass is 10.1. The van der Waals surface area contributed by atoms with Crippen LogP contribution in [0.15, 0.2) is 0 Å². The summed E-state index contributed by atoms with van der Waals surface area (Å²) < 4.78 is 38.1. The molecule has 0 saturated heterocycles. The van der Waals surface area contributed by atoms with E-state index in [-0.39, 0.29) is 11.7 Å². The zero-order chi connectivity index (χ0) is 20.3. The van der Waals surface area contributed by atoms with Crippen LogP contribution < -0.4 is 0 Å². The van der Waals surface area contributed by atoms with Crippen molar-refractivity contribution >= 4 is 16.1 Å². The van der Waals surface area contributed by atoms with Gasteiger partial charge in [0.25, 0.3) is 0 Å². The number of quaternary nitrogens is 2. The smallest absolute Gasteiger partial charge is 0.361 e. The normalized spacial score (nSPS) is 13.0. The Balaban J connectivity index is 3.70. The van der Waals surface area contributed by atoms with E-state index in [0.717, 1.165) is 30.4 Å². The van der Waals surface area contributed by atoms with Crippen LogP contribution in [0, 0.1) is 0 Å². The van der Waals surface area contributed by atoms with Gasteiger partial charge < -0.3 is 18.3 Å². The minimum atomic E-state index is -4.09. The monoisotopic (exact) mass is 395 g/mol. The van der Waals surface area contributed by atoms with Crippen molar-refractivity contribution in [1.82, 2.24) is 0 Å². The molecule has 0 bridgehead atoms. The van der Waals surface area contributed by atoms with Gasteiger partial charge >= 0.3 is 5.97 Å². The van der Waals surface area contributed by atoms with E-state index in [2.05, 4.69) is 28.2 Å². The third-order valence-corrected chi connectivity index (χ3v) is 5.51. The molecule has 0 aliphatic rings. The van der Waals surface area contributed by atoms with Gasteiger partial charge in [0.1, 0.15) is 0 Å². The molecule has 0 atom stereocenters. The molecule has 0 unspecified atom stereocenters. The highest BCUT2D eigenvalue weighted by molar-refractivity contribution is 7.85. The number of carbonyl (C=O) groups excluding carboxylic acids is 1. The maximum Gasteiger partial charge on any atom is 0.361 e. The standard InChI is InChI=1S/C18H39N2O5S/c1-19(2,15-12-16-26(22,23)24)13-10-8-6-7-9-11-14-20(3,4)17-18(21)25-5/h6-17H2,1-5H3/q+1. The fourth-order valence-electron chi connectivity index (χ4n) is 3.06. The Morgan fingerprint density at radius 3 is 1.69 bits per heavy atom. The summed E-state index contributed by atoms with van der Waals surface area (Å²) in [7, 11) is 5.60. The molecule has 0 rings (SSSR count). The average molecular weight is 396 g/mol. The number of carbonyl (C=O) groups is 1. The Labute approximate surface area is 160 Å². The second-order valence-corrected chi connectivity index (χ2v) is 10.0. The van der Waals surface area contributed by atoms with Crippen LogP contribution in [0.4, 0.5) is 0 Å². The van der Waals surface area contributed by atoms with E-state index in [4.69, 9.17) is 4.74 Å². The van der Waals surface area contributed by atoms with Crippen molar-refractivity contribution in [2.24, 2.45) is 0 Å². The largest absolute Gasteiger partial charge is 0.748 e. The Bertz CT molecular complexity index is 504. The minimum Gasteiger partial charge on any atom is -0.748 e. The number of hydrogen-bond acceptors (Lipinski definition) is 5. The number of likely N-dealkylation sites (N-methyl/N-ethyl adjacent to an activating group) is 1. The van der Waals surface area contributed by atoms with Crippen molar-refractivity contribution < 1.29 is 31.5 Å². The molecule has 0 aliphatic heterocycles. The molecule has 0 N–H and O–H groups in total. The van der Waals surface area contributed by atoms with Gasteiger partial charge in [-0.3, -0.25) is 0 Å². The zero-order valence-corrected chi connectivity index (χ0v) is 18.1. The number of ether oxygens (including phenoxy) is 1. The van der Waals surface area contributed by atoms with E-state index in [9.17, 15) is 17.8 Å². The molecule has 0 heterocycles. The molecule has 0 radical (unpaired) electrons. The molecule has 0 aromatic heterocycles. The Morgan fingerprint density at radius 2 is 1.23 bits per heavy atom. The van der Waals surface area contributed by atoms with Gasteiger partial charge in [0, 0.05) is 12.2 Å². The van der Waals surface area contributed by atoms with E-state index in [1.807, 2.05) is 0 Å². The summed E-state index contributed by atoms with van der Waals surface area (Å²) in [6.45, 7) is 3.11. The van der Waals surface area contributed by atoms with Gasteiger partial charge in [-0.05, 0) is 25.7 Å². The van der Waals surface area contributed by atoms with E-state index >= 15 is 0 Å². The van der Waals surface area contributed by atoms with E-state index in [1.165, 1.54) is 32.8 Å². The summed E-state index contributed by atoms with van der Waals surface area (Å²) >= 11 is 0. The summed E-state index contributed by atoms with van der Waals surface area (Å²) in [4.78, 5) is 11.3. The maximum atomic E-state index is 11.3. The molecule has 26 heavy (non-hydrogen) atoms. The molecule has 8 heteroatoms. The summed E-state index contributed by atoms with van der Waals surface area (Å²) in [5.41, 5.74) is 0. The zero-order valence-electron chi connectivity index (χ0n) is 17.3. The van der Waals surface area contributed by atoms with Crippen LogP contribution in [-0.4, -0.2) is 95.1 Å². The van der Waals surface area contributed by atoms with Gasteiger partial charge in [-0.25, -0.2) is 13.2 Å². The van der Waals surface area contributed by atoms with E-state index in [1.54, 1.807) is 0 Å². The number of unbranched alkanes of at least 4 members (excludes halogenated alkanes) is 5. The Hall–Kier alpha value is -0.700. The van der Waals surface area contributed by atoms with Crippen LogP contribution >= 0.6 is 0 Å². The van der Waals surface area contributed by atoms with Crippen LogP contribution in [0.5, 0.6) is 0 Å². The molecular weight excluding hydrogens is 356 g/mol. The summed E-state index contributed by atoms with van der Waals surface area (Å²) in [6, 6.07) is 0. The summed E-state index contributed by atoms with van der Waals surface area (Å²) in [6.07, 6.45) is 7.37. The van der Waals surface area contributed by atoms with Crippen molar-refractivity contribution in [3.05, 3.63) is 0 Å². The van der Waals surface area contributed by atoms with Crippen molar-refractivity contribution in [2.75, 3.05) is 67.2 Å². The van der Waals surface area contributed by atoms with Crippen molar-refractivity contribution in [1.29, 1.82) is 0 Å². The minimum absolute atomic E-state index is 0.163. The lowest BCUT2D eigenvalue weighted by Gasteiger charge is -2.30. The molecule has 0 aliphatic carbocycles. The van der Waals surface area contributed by atoms with Gasteiger partial charge in [-0.2, -0.15) is 0 Å². The highest BCUT2D eigenvalue weighted by Gasteiger charge is 2.19. The van der Waals surface area contributed by atoms with Crippen molar-refractivity contribution in [3.63, 3.8) is 0 Å². The first-order valence-electron chi connectivity index (χ1n) is 9.51. The summed E-state index contributed by atoms with van der Waals surface area (Å²) in [5, 5.41) is 0. The van der Waals surface area contributed by atoms with Crippen molar-refractivity contribution in [3.8, 4) is 0 Å². The maximum absolute atomic E-state index is 11.3. The summed E-state index contributed by atoms with van der Waals surface area (Å²) in [5.74, 6) is -0.428.